The molecule has 0 unspecified atom stereocenters. The van der Waals surface area contributed by atoms with E-state index in [1.807, 2.05) is 18.4 Å². The Morgan fingerprint density at radius 3 is 2.33 bits per heavy atom. The summed E-state index contributed by atoms with van der Waals surface area (Å²) in [4.78, 5) is 1.19. The van der Waals surface area contributed by atoms with E-state index in [1.165, 1.54) is 17.0 Å². The zero-order chi connectivity index (χ0) is 14.8. The molecule has 21 heavy (non-hydrogen) atoms. The third kappa shape index (κ3) is 2.96. The van der Waals surface area contributed by atoms with Crippen LogP contribution in [0.4, 0.5) is 4.39 Å². The number of rotatable bonds is 3. The molecule has 0 amide bonds. The summed E-state index contributed by atoms with van der Waals surface area (Å²) in [5.74, 6) is -0.275. The summed E-state index contributed by atoms with van der Waals surface area (Å²) >= 11 is 7.73. The van der Waals surface area contributed by atoms with Crippen LogP contribution < -0.4 is 0 Å². The van der Waals surface area contributed by atoms with Crippen molar-refractivity contribution in [3.8, 4) is 16.9 Å². The molecule has 2 nitrogen and oxygen atoms in total. The van der Waals surface area contributed by atoms with Crippen LogP contribution in [0.15, 0.2) is 59.5 Å². The second kappa shape index (κ2) is 5.92. The van der Waals surface area contributed by atoms with Gasteiger partial charge in [0.05, 0.1) is 11.4 Å². The van der Waals surface area contributed by atoms with Gasteiger partial charge in [0, 0.05) is 16.5 Å². The molecule has 0 aliphatic rings. The van der Waals surface area contributed by atoms with E-state index < -0.39 is 0 Å². The Bertz CT molecular complexity index is 751. The first-order valence-electron chi connectivity index (χ1n) is 6.33. The van der Waals surface area contributed by atoms with Crippen LogP contribution in [0.1, 0.15) is 0 Å². The molecule has 106 valence electrons. The fraction of sp³-hybridized carbons (Fsp3) is 0.0625. The van der Waals surface area contributed by atoms with Gasteiger partial charge in [-0.25, -0.2) is 9.07 Å². The average molecular weight is 319 g/mol. The van der Waals surface area contributed by atoms with Crippen molar-refractivity contribution < 1.29 is 4.39 Å². The van der Waals surface area contributed by atoms with E-state index in [-0.39, 0.29) is 5.82 Å². The van der Waals surface area contributed by atoms with Crippen molar-refractivity contribution >= 4 is 23.4 Å². The maximum absolute atomic E-state index is 13.1. The Hall–Kier alpha value is -1.78. The van der Waals surface area contributed by atoms with Crippen molar-refractivity contribution in [2.75, 3.05) is 6.26 Å². The van der Waals surface area contributed by atoms with Crippen molar-refractivity contribution in [1.82, 2.24) is 9.78 Å². The van der Waals surface area contributed by atoms with Crippen molar-refractivity contribution in [3.63, 3.8) is 0 Å². The van der Waals surface area contributed by atoms with Crippen LogP contribution in [0.25, 0.3) is 16.9 Å². The summed E-state index contributed by atoms with van der Waals surface area (Å²) in [6.07, 6.45) is 2.04. The Labute approximate surface area is 131 Å². The second-order valence-electron chi connectivity index (χ2n) is 4.47. The molecule has 3 rings (SSSR count). The largest absolute Gasteiger partial charge is 0.232 e. The first kappa shape index (κ1) is 14.2. The summed E-state index contributed by atoms with van der Waals surface area (Å²) in [6, 6.07) is 16.1. The molecule has 0 N–H and O–H groups in total. The molecule has 1 heterocycles. The maximum Gasteiger partial charge on any atom is 0.152 e. The molecule has 2 aromatic carbocycles. The quantitative estimate of drug-likeness (QED) is 0.629. The lowest BCUT2D eigenvalue weighted by molar-refractivity contribution is 0.627. The molecule has 0 saturated carbocycles. The van der Waals surface area contributed by atoms with Gasteiger partial charge in [-0.2, -0.15) is 5.10 Å². The highest BCUT2D eigenvalue weighted by molar-refractivity contribution is 7.98. The minimum atomic E-state index is -0.275. The number of hydrogen-bond donors (Lipinski definition) is 0. The Morgan fingerprint density at radius 2 is 1.71 bits per heavy atom. The number of nitrogens with zero attached hydrogens (tertiary/aromatic N) is 2. The molecule has 0 saturated heterocycles. The van der Waals surface area contributed by atoms with Gasteiger partial charge >= 0.3 is 0 Å². The van der Waals surface area contributed by atoms with E-state index in [2.05, 4.69) is 17.2 Å². The molecule has 5 heteroatoms. The number of aromatic nitrogens is 2. The molecule has 0 bridgehead atoms. The first-order chi connectivity index (χ1) is 10.2. The summed E-state index contributed by atoms with van der Waals surface area (Å²) < 4.78 is 14.8. The highest BCUT2D eigenvalue weighted by Crippen LogP contribution is 2.27. The van der Waals surface area contributed by atoms with Crippen LogP contribution in [0, 0.1) is 5.82 Å². The molecule has 0 radical (unpaired) electrons. The molecule has 1 aromatic heterocycles. The highest BCUT2D eigenvalue weighted by atomic mass is 35.5. The molecule has 0 aliphatic heterocycles. The van der Waals surface area contributed by atoms with Crippen LogP contribution >= 0.6 is 23.4 Å². The van der Waals surface area contributed by atoms with Crippen molar-refractivity contribution in [2.45, 2.75) is 4.90 Å². The molecule has 0 atom stereocenters. The van der Waals surface area contributed by atoms with Crippen LogP contribution in [0.5, 0.6) is 0 Å². The first-order valence-corrected chi connectivity index (χ1v) is 7.93. The SMILES string of the molecule is CSc1ccc(-c2cc(Cl)nn2-c2ccc(F)cc2)cc1. The number of benzene rings is 2. The normalized spacial score (nSPS) is 10.8. The lowest BCUT2D eigenvalue weighted by Crippen LogP contribution is -1.99. The van der Waals surface area contributed by atoms with E-state index in [0.29, 0.717) is 5.15 Å². The van der Waals surface area contributed by atoms with Gasteiger partial charge in [-0.15, -0.1) is 11.8 Å². The highest BCUT2D eigenvalue weighted by Gasteiger charge is 2.11. The van der Waals surface area contributed by atoms with Gasteiger partial charge in [-0.1, -0.05) is 23.7 Å². The predicted molar refractivity (Wildman–Crippen MR) is 85.7 cm³/mol. The second-order valence-corrected chi connectivity index (χ2v) is 5.74. The fourth-order valence-electron chi connectivity index (χ4n) is 2.10. The number of halogens is 2. The van der Waals surface area contributed by atoms with Crippen molar-refractivity contribution in [2.24, 2.45) is 0 Å². The third-order valence-electron chi connectivity index (χ3n) is 3.14. The van der Waals surface area contributed by atoms with Crippen LogP contribution in [0.3, 0.4) is 0 Å². The smallest absolute Gasteiger partial charge is 0.152 e. The Balaban J connectivity index is 2.08. The van der Waals surface area contributed by atoms with Crippen LogP contribution in [-0.2, 0) is 0 Å². The average Bonchev–Trinajstić information content (AvgIpc) is 2.90. The number of thioether (sulfide) groups is 1. The monoisotopic (exact) mass is 318 g/mol. The van der Waals surface area contributed by atoms with E-state index in [1.54, 1.807) is 34.6 Å². The summed E-state index contributed by atoms with van der Waals surface area (Å²) in [6.45, 7) is 0. The molecule has 0 spiro atoms. The molecule has 0 aliphatic carbocycles. The van der Waals surface area contributed by atoms with E-state index >= 15 is 0 Å². The third-order valence-corrected chi connectivity index (χ3v) is 4.06. The van der Waals surface area contributed by atoms with Crippen LogP contribution in [-0.4, -0.2) is 16.0 Å². The molecule has 0 fully saturated rings. The summed E-state index contributed by atoms with van der Waals surface area (Å²) in [5, 5.41) is 4.69. The van der Waals surface area contributed by atoms with E-state index in [0.717, 1.165) is 16.9 Å². The van der Waals surface area contributed by atoms with Crippen LogP contribution in [0.2, 0.25) is 5.15 Å². The minimum absolute atomic E-state index is 0.275. The van der Waals surface area contributed by atoms with Gasteiger partial charge in [-0.3, -0.25) is 0 Å². The fourth-order valence-corrected chi connectivity index (χ4v) is 2.69. The summed E-state index contributed by atoms with van der Waals surface area (Å²) in [5.41, 5.74) is 2.66. The van der Waals surface area contributed by atoms with Crippen molar-refractivity contribution in [3.05, 3.63) is 65.6 Å². The Kier molecular flexibility index (Phi) is 3.99. The molecule has 3 aromatic rings. The van der Waals surface area contributed by atoms with Gasteiger partial charge in [0.1, 0.15) is 5.82 Å². The topological polar surface area (TPSA) is 17.8 Å². The molecular weight excluding hydrogens is 307 g/mol. The Morgan fingerprint density at radius 1 is 1.05 bits per heavy atom. The zero-order valence-corrected chi connectivity index (χ0v) is 12.8. The zero-order valence-electron chi connectivity index (χ0n) is 11.3. The lowest BCUT2D eigenvalue weighted by atomic mass is 10.1. The van der Waals surface area contributed by atoms with E-state index in [9.17, 15) is 4.39 Å². The van der Waals surface area contributed by atoms with Crippen molar-refractivity contribution in [1.29, 1.82) is 0 Å². The van der Waals surface area contributed by atoms with Gasteiger partial charge in [-0.05, 0) is 42.7 Å². The maximum atomic E-state index is 13.1. The van der Waals surface area contributed by atoms with Gasteiger partial charge in [0.2, 0.25) is 0 Å². The van der Waals surface area contributed by atoms with Gasteiger partial charge < -0.3 is 0 Å². The minimum Gasteiger partial charge on any atom is -0.232 e. The number of hydrogen-bond acceptors (Lipinski definition) is 2. The standard InChI is InChI=1S/C16H12ClFN2S/c1-21-14-8-2-11(3-9-14)15-10-16(17)19-20(15)13-6-4-12(18)5-7-13/h2-10H,1H3. The van der Waals surface area contributed by atoms with Gasteiger partial charge in [0.15, 0.2) is 5.15 Å². The summed E-state index contributed by atoms with van der Waals surface area (Å²) in [7, 11) is 0. The van der Waals surface area contributed by atoms with Gasteiger partial charge in [0.25, 0.3) is 0 Å². The molecular formula is C16H12ClFN2S. The van der Waals surface area contributed by atoms with E-state index in [4.69, 9.17) is 11.6 Å². The predicted octanol–water partition coefficient (Wildman–Crippen LogP) is 5.05. The lowest BCUT2D eigenvalue weighted by Gasteiger charge is -2.08.